The van der Waals surface area contributed by atoms with Crippen molar-refractivity contribution in [3.63, 3.8) is 0 Å². The average molecular weight is 1050 g/mol. The number of aromatic nitrogens is 4. The van der Waals surface area contributed by atoms with Crippen molar-refractivity contribution < 1.29 is 47.6 Å². The van der Waals surface area contributed by atoms with E-state index >= 15 is 0 Å². The van der Waals surface area contributed by atoms with Gasteiger partial charge in [-0.2, -0.15) is 22.0 Å². The Morgan fingerprint density at radius 1 is 0.829 bits per heavy atom. The molecular formula is C48H55F4N7O7S4. The third-order valence-electron chi connectivity index (χ3n) is 12.8. The lowest BCUT2D eigenvalue weighted by Crippen LogP contribution is -2.47. The molecule has 9 rings (SSSR count). The zero-order valence-electron chi connectivity index (χ0n) is 38.4. The van der Waals surface area contributed by atoms with Gasteiger partial charge in [0.2, 0.25) is 20.0 Å². The normalized spacial score (nSPS) is 20.5. The number of hydrogen-bond acceptors (Lipinski definition) is 11. The number of halogens is 4. The first kappa shape index (κ1) is 51.7. The highest BCUT2D eigenvalue weighted by Crippen LogP contribution is 2.38. The van der Waals surface area contributed by atoms with Crippen LogP contribution in [0.4, 0.5) is 17.6 Å². The second-order valence-corrected chi connectivity index (χ2v) is 24.4. The maximum atomic E-state index is 14.9. The molecule has 2 fully saturated rings. The van der Waals surface area contributed by atoms with E-state index in [1.54, 1.807) is 36.0 Å². The van der Waals surface area contributed by atoms with Gasteiger partial charge in [0.15, 0.2) is 15.7 Å². The number of benzene rings is 3. The van der Waals surface area contributed by atoms with Crippen LogP contribution in [0.3, 0.4) is 0 Å². The van der Waals surface area contributed by atoms with Crippen LogP contribution in [0.25, 0.3) is 17.8 Å². The van der Waals surface area contributed by atoms with Gasteiger partial charge in [-0.25, -0.2) is 57.2 Å². The summed E-state index contributed by atoms with van der Waals surface area (Å²) in [6.45, 7) is 3.38. The predicted molar refractivity (Wildman–Crippen MR) is 262 cm³/mol. The summed E-state index contributed by atoms with van der Waals surface area (Å²) in [6, 6.07) is 15.2. The average Bonchev–Trinajstić information content (AvgIpc) is 3.90. The number of nitrogens with one attached hydrogen (secondary N) is 3. The molecular weight excluding hydrogens is 991 g/mol. The number of morpholine rings is 1. The number of hydrogen-bond donors (Lipinski definition) is 3. The minimum absolute atomic E-state index is 0.00796. The van der Waals surface area contributed by atoms with Crippen LogP contribution in [-0.2, 0) is 59.0 Å². The van der Waals surface area contributed by atoms with E-state index in [-0.39, 0.29) is 46.9 Å². The van der Waals surface area contributed by atoms with Crippen molar-refractivity contribution >= 4 is 53.8 Å². The number of sulfonamides is 2. The Hall–Kier alpha value is -4.68. The van der Waals surface area contributed by atoms with Gasteiger partial charge in [-0.15, -0.1) is 4.83 Å². The van der Waals surface area contributed by atoms with E-state index in [0.29, 0.717) is 55.2 Å². The van der Waals surface area contributed by atoms with E-state index in [1.807, 2.05) is 13.0 Å². The molecule has 5 aromatic rings. The summed E-state index contributed by atoms with van der Waals surface area (Å²) in [5, 5.41) is 15.5. The molecule has 1 saturated heterocycles. The van der Waals surface area contributed by atoms with E-state index in [0.717, 1.165) is 65.1 Å². The molecule has 2 unspecified atom stereocenters. The Bertz CT molecular complexity index is 3060. The second kappa shape index (κ2) is 22.4. The molecule has 5 heterocycles. The number of hydrazine groups is 1. The smallest absolute Gasteiger partial charge is 0.246 e. The summed E-state index contributed by atoms with van der Waals surface area (Å²) in [5.41, 5.74) is 4.62. The molecule has 1 saturated carbocycles. The van der Waals surface area contributed by atoms with Gasteiger partial charge in [0, 0.05) is 76.2 Å². The predicted octanol–water partition coefficient (Wildman–Crippen LogP) is 7.66. The quantitative estimate of drug-likeness (QED) is 0.0928. The SMILES string of the molecule is C[C@@H](NS(=O)(=O)/C=C/c1n[nH]c2c1CSCC2Cc1cccc(F)c1)C1CCCCC1.O=S1(=O)Cc2c(/C=C/S(=O)(=O)NN3CCOCC3)nn(-c3ccc(F)cc3F)c2C(Cc2cccc(F)c2)C1. The van der Waals surface area contributed by atoms with Crippen LogP contribution in [0.1, 0.15) is 95.9 Å². The molecule has 0 spiro atoms. The number of rotatable bonds is 14. The molecule has 0 radical (unpaired) electrons. The molecule has 1 aliphatic carbocycles. The highest BCUT2D eigenvalue weighted by molar-refractivity contribution is 7.98. The second-order valence-electron chi connectivity index (χ2n) is 18.1. The Labute approximate surface area is 410 Å². The Morgan fingerprint density at radius 2 is 1.47 bits per heavy atom. The molecule has 376 valence electrons. The van der Waals surface area contributed by atoms with Gasteiger partial charge in [0.05, 0.1) is 41.8 Å². The van der Waals surface area contributed by atoms with Gasteiger partial charge in [-0.05, 0) is 98.2 Å². The van der Waals surface area contributed by atoms with Gasteiger partial charge >= 0.3 is 0 Å². The maximum Gasteiger partial charge on any atom is 0.246 e. The first-order valence-corrected chi connectivity index (χ1v) is 29.1. The fourth-order valence-corrected chi connectivity index (χ4v) is 14.5. The van der Waals surface area contributed by atoms with Crippen molar-refractivity contribution in [1.82, 2.24) is 34.5 Å². The highest BCUT2D eigenvalue weighted by Gasteiger charge is 2.37. The molecule has 0 bridgehead atoms. The van der Waals surface area contributed by atoms with Crippen molar-refractivity contribution in [2.24, 2.45) is 5.92 Å². The fraction of sp³-hybridized carbons (Fsp3) is 0.417. The third kappa shape index (κ3) is 13.4. The molecule has 14 nitrogen and oxygen atoms in total. The van der Waals surface area contributed by atoms with Crippen molar-refractivity contribution in [3.05, 3.63) is 146 Å². The number of thioether (sulfide) groups is 1. The number of nitrogens with zero attached hydrogens (tertiary/aromatic N) is 4. The van der Waals surface area contributed by atoms with Gasteiger partial charge in [0.1, 0.15) is 23.1 Å². The monoisotopic (exact) mass is 1050 g/mol. The molecule has 3 N–H and O–H groups in total. The number of fused-ring (bicyclic) bond motifs is 2. The molecule has 4 aliphatic rings. The summed E-state index contributed by atoms with van der Waals surface area (Å²) in [7, 11) is -11.2. The summed E-state index contributed by atoms with van der Waals surface area (Å²) < 4.78 is 142. The van der Waals surface area contributed by atoms with E-state index < -0.39 is 59.0 Å². The molecule has 3 aromatic carbocycles. The van der Waals surface area contributed by atoms with Crippen molar-refractivity contribution in [3.8, 4) is 5.69 Å². The van der Waals surface area contributed by atoms with Gasteiger partial charge in [-0.3, -0.25) is 5.10 Å². The standard InChI is InChI=1S/C25H25F3N4O5S2.C23H30FN3O2S2/c26-19-3-1-2-17(13-19)12-18-15-38(33,34)16-21-23(6-11-39(35,36)30-31-7-9-37-10-8-31)29-32(25(18)21)24-5-4-20(27)14-22(24)28;1-16(18-7-3-2-4-8-18)27-31(28,29)11-10-22-21-15-30-14-19(23(21)26-25-22)12-17-6-5-9-20(24)13-17/h1-6,11,13-14,18,30H,7-10,12,15-16H2;5-6,9-11,13,16,18-19,27H,2-4,7-8,12,14-15H2,1H3,(H,25,26)/b11-6+;11-10+/t;16-,19?/m.1/s1. The van der Waals surface area contributed by atoms with E-state index in [9.17, 15) is 42.8 Å². The van der Waals surface area contributed by atoms with Crippen molar-refractivity contribution in [2.75, 3.05) is 37.8 Å². The zero-order valence-corrected chi connectivity index (χ0v) is 41.6. The van der Waals surface area contributed by atoms with Crippen LogP contribution in [0.2, 0.25) is 0 Å². The third-order valence-corrected chi connectivity index (χ3v) is 17.8. The van der Waals surface area contributed by atoms with Crippen LogP contribution in [0, 0.1) is 29.2 Å². The Balaban J connectivity index is 0.000000193. The molecule has 3 aliphatic heterocycles. The van der Waals surface area contributed by atoms with Crippen molar-refractivity contribution in [2.45, 2.75) is 81.3 Å². The summed E-state index contributed by atoms with van der Waals surface area (Å²) >= 11 is 1.80. The van der Waals surface area contributed by atoms with Crippen molar-refractivity contribution in [1.29, 1.82) is 0 Å². The molecule has 70 heavy (non-hydrogen) atoms. The van der Waals surface area contributed by atoms with Gasteiger partial charge in [-0.1, -0.05) is 43.5 Å². The summed E-state index contributed by atoms with van der Waals surface area (Å²) in [4.78, 5) is 2.41. The molecule has 3 atom stereocenters. The lowest BCUT2D eigenvalue weighted by Gasteiger charge is -2.27. The largest absolute Gasteiger partial charge is 0.379 e. The highest BCUT2D eigenvalue weighted by atomic mass is 32.2. The first-order valence-electron chi connectivity index (χ1n) is 23.1. The number of ether oxygens (including phenoxy) is 1. The first-order chi connectivity index (χ1) is 33.4. The Kier molecular flexibility index (Phi) is 16.5. The number of aromatic amines is 1. The van der Waals surface area contributed by atoms with Gasteiger partial charge < -0.3 is 4.74 Å². The molecule has 2 aromatic heterocycles. The molecule has 0 amide bonds. The summed E-state index contributed by atoms with van der Waals surface area (Å²) in [6.07, 6.45) is 9.35. The minimum atomic E-state index is -3.99. The van der Waals surface area contributed by atoms with E-state index in [1.165, 1.54) is 64.7 Å². The van der Waals surface area contributed by atoms with Crippen LogP contribution in [0.5, 0.6) is 0 Å². The van der Waals surface area contributed by atoms with Crippen LogP contribution in [-0.4, -0.2) is 94.1 Å². The topological polar surface area (TPSA) is 185 Å². The van der Waals surface area contributed by atoms with E-state index in [4.69, 9.17) is 4.74 Å². The van der Waals surface area contributed by atoms with Crippen LogP contribution < -0.4 is 9.55 Å². The van der Waals surface area contributed by atoms with Gasteiger partial charge in [0.25, 0.3) is 0 Å². The number of H-pyrrole nitrogens is 1. The Morgan fingerprint density at radius 3 is 2.14 bits per heavy atom. The molecule has 22 heteroatoms. The maximum absolute atomic E-state index is 14.9. The van der Waals surface area contributed by atoms with Crippen LogP contribution in [0.15, 0.2) is 77.5 Å². The zero-order chi connectivity index (χ0) is 49.6. The minimum Gasteiger partial charge on any atom is -0.379 e. The lowest BCUT2D eigenvalue weighted by molar-refractivity contribution is 0.0274. The fourth-order valence-electron chi connectivity index (χ4n) is 9.51. The van der Waals surface area contributed by atoms with E-state index in [2.05, 4.69) is 24.8 Å². The summed E-state index contributed by atoms with van der Waals surface area (Å²) in [5.74, 6) is -1.67. The lowest BCUT2D eigenvalue weighted by atomic mass is 9.85. The number of sulfone groups is 1. The van der Waals surface area contributed by atoms with Crippen LogP contribution >= 0.6 is 11.8 Å².